The number of thiazole rings is 1. The van der Waals surface area contributed by atoms with Gasteiger partial charge >= 0.3 is 0 Å². The lowest BCUT2D eigenvalue weighted by Gasteiger charge is -2.10. The monoisotopic (exact) mass is 232 g/mol. The summed E-state index contributed by atoms with van der Waals surface area (Å²) in [4.78, 5) is 17.4. The van der Waals surface area contributed by atoms with Crippen LogP contribution in [0.3, 0.4) is 0 Å². The number of rotatable bonds is 2. The van der Waals surface area contributed by atoms with Crippen LogP contribution in [-0.4, -0.2) is 29.9 Å². The first-order valence-corrected chi connectivity index (χ1v) is 5.83. The molecule has 0 aliphatic rings. The largest absolute Gasteiger partial charge is 0.345 e. The van der Waals surface area contributed by atoms with Gasteiger partial charge in [0.2, 0.25) is 0 Å². The third kappa shape index (κ3) is 2.12. The standard InChI is InChI=1S/C12H12N2OS/c1-14(2)12(15)10-5-3-9(4-6-10)11-7-16-8-13-11/h3-8H,1-2H3. The van der Waals surface area contributed by atoms with Crippen molar-refractivity contribution in [2.24, 2.45) is 0 Å². The summed E-state index contributed by atoms with van der Waals surface area (Å²) in [5.74, 6) is 0.0184. The number of benzene rings is 1. The van der Waals surface area contributed by atoms with Gasteiger partial charge in [0, 0.05) is 30.6 Å². The maximum atomic E-state index is 11.7. The first kappa shape index (κ1) is 10.8. The number of aromatic nitrogens is 1. The van der Waals surface area contributed by atoms with E-state index < -0.39 is 0 Å². The average Bonchev–Trinajstić information content (AvgIpc) is 2.81. The molecule has 16 heavy (non-hydrogen) atoms. The van der Waals surface area contributed by atoms with E-state index in [-0.39, 0.29) is 5.91 Å². The van der Waals surface area contributed by atoms with Crippen LogP contribution in [0.25, 0.3) is 11.3 Å². The molecule has 0 bridgehead atoms. The lowest BCUT2D eigenvalue weighted by molar-refractivity contribution is 0.0827. The Morgan fingerprint density at radius 1 is 1.25 bits per heavy atom. The van der Waals surface area contributed by atoms with Crippen molar-refractivity contribution in [1.82, 2.24) is 9.88 Å². The van der Waals surface area contributed by atoms with Gasteiger partial charge in [0.1, 0.15) is 0 Å². The number of carbonyl (C=O) groups excluding carboxylic acids is 1. The van der Waals surface area contributed by atoms with Crippen molar-refractivity contribution in [1.29, 1.82) is 0 Å². The molecule has 1 aromatic carbocycles. The number of amides is 1. The molecule has 0 fully saturated rings. The summed E-state index contributed by atoms with van der Waals surface area (Å²) >= 11 is 1.56. The summed E-state index contributed by atoms with van der Waals surface area (Å²) in [6.07, 6.45) is 0. The molecule has 0 unspecified atom stereocenters. The predicted octanol–water partition coefficient (Wildman–Crippen LogP) is 2.51. The first-order valence-electron chi connectivity index (χ1n) is 4.89. The molecule has 0 aliphatic carbocycles. The van der Waals surface area contributed by atoms with E-state index in [1.54, 1.807) is 35.8 Å². The Bertz CT molecular complexity index is 474. The van der Waals surface area contributed by atoms with Gasteiger partial charge in [-0.25, -0.2) is 4.98 Å². The average molecular weight is 232 g/mol. The van der Waals surface area contributed by atoms with E-state index in [4.69, 9.17) is 0 Å². The molecule has 0 spiro atoms. The third-order valence-corrected chi connectivity index (χ3v) is 2.85. The van der Waals surface area contributed by atoms with E-state index in [1.165, 1.54) is 0 Å². The highest BCUT2D eigenvalue weighted by Crippen LogP contribution is 2.19. The molecule has 0 saturated carbocycles. The topological polar surface area (TPSA) is 33.2 Å². The van der Waals surface area contributed by atoms with Crippen LogP contribution in [0.4, 0.5) is 0 Å². The van der Waals surface area contributed by atoms with Crippen molar-refractivity contribution in [2.75, 3.05) is 14.1 Å². The minimum absolute atomic E-state index is 0.0184. The Morgan fingerprint density at radius 2 is 1.94 bits per heavy atom. The molecule has 1 amide bonds. The summed E-state index contributed by atoms with van der Waals surface area (Å²) in [6.45, 7) is 0. The van der Waals surface area contributed by atoms with E-state index in [2.05, 4.69) is 4.98 Å². The predicted molar refractivity (Wildman–Crippen MR) is 65.6 cm³/mol. The van der Waals surface area contributed by atoms with Crippen molar-refractivity contribution in [3.63, 3.8) is 0 Å². The number of hydrogen-bond donors (Lipinski definition) is 0. The van der Waals surface area contributed by atoms with E-state index in [9.17, 15) is 4.79 Å². The Morgan fingerprint density at radius 3 is 2.44 bits per heavy atom. The second-order valence-electron chi connectivity index (χ2n) is 3.65. The van der Waals surface area contributed by atoms with Crippen molar-refractivity contribution in [2.45, 2.75) is 0 Å². The molecular formula is C12H12N2OS. The molecule has 0 aliphatic heterocycles. The zero-order chi connectivity index (χ0) is 11.5. The van der Waals surface area contributed by atoms with E-state index >= 15 is 0 Å². The van der Waals surface area contributed by atoms with Gasteiger partial charge in [-0.2, -0.15) is 0 Å². The Balaban J connectivity index is 2.27. The molecule has 2 aromatic rings. The Labute approximate surface area is 98.4 Å². The van der Waals surface area contributed by atoms with E-state index in [0.29, 0.717) is 5.56 Å². The van der Waals surface area contributed by atoms with Gasteiger partial charge in [-0.05, 0) is 12.1 Å². The van der Waals surface area contributed by atoms with Crippen LogP contribution in [0.5, 0.6) is 0 Å². The van der Waals surface area contributed by atoms with E-state index in [1.807, 2.05) is 29.6 Å². The van der Waals surface area contributed by atoms with Crippen LogP contribution in [0.2, 0.25) is 0 Å². The highest BCUT2D eigenvalue weighted by Gasteiger charge is 2.07. The van der Waals surface area contributed by atoms with Crippen LogP contribution in [0.1, 0.15) is 10.4 Å². The molecule has 1 heterocycles. The molecular weight excluding hydrogens is 220 g/mol. The smallest absolute Gasteiger partial charge is 0.253 e. The summed E-state index contributed by atoms with van der Waals surface area (Å²) in [6, 6.07) is 7.51. The quantitative estimate of drug-likeness (QED) is 0.797. The zero-order valence-corrected chi connectivity index (χ0v) is 9.99. The number of hydrogen-bond acceptors (Lipinski definition) is 3. The normalized spacial score (nSPS) is 10.1. The van der Waals surface area contributed by atoms with Gasteiger partial charge in [-0.1, -0.05) is 12.1 Å². The fraction of sp³-hybridized carbons (Fsp3) is 0.167. The van der Waals surface area contributed by atoms with Crippen molar-refractivity contribution >= 4 is 17.2 Å². The van der Waals surface area contributed by atoms with Gasteiger partial charge in [-0.3, -0.25) is 4.79 Å². The molecule has 0 saturated heterocycles. The van der Waals surface area contributed by atoms with Crippen LogP contribution >= 0.6 is 11.3 Å². The van der Waals surface area contributed by atoms with Crippen LogP contribution in [0, 0.1) is 0 Å². The minimum atomic E-state index is 0.0184. The SMILES string of the molecule is CN(C)C(=O)c1ccc(-c2cscn2)cc1. The summed E-state index contributed by atoms with van der Waals surface area (Å²) in [5.41, 5.74) is 4.49. The summed E-state index contributed by atoms with van der Waals surface area (Å²) in [7, 11) is 3.49. The number of nitrogens with zero attached hydrogens (tertiary/aromatic N) is 2. The Hall–Kier alpha value is -1.68. The van der Waals surface area contributed by atoms with Crippen LogP contribution in [-0.2, 0) is 0 Å². The maximum absolute atomic E-state index is 11.7. The highest BCUT2D eigenvalue weighted by atomic mass is 32.1. The highest BCUT2D eigenvalue weighted by molar-refractivity contribution is 7.07. The van der Waals surface area contributed by atoms with Gasteiger partial charge < -0.3 is 4.90 Å². The summed E-state index contributed by atoms with van der Waals surface area (Å²) < 4.78 is 0. The second-order valence-corrected chi connectivity index (χ2v) is 4.37. The van der Waals surface area contributed by atoms with Crippen molar-refractivity contribution in [3.8, 4) is 11.3 Å². The third-order valence-electron chi connectivity index (χ3n) is 2.27. The lowest BCUT2D eigenvalue weighted by atomic mass is 10.1. The summed E-state index contributed by atoms with van der Waals surface area (Å²) in [5, 5.41) is 1.99. The Kier molecular flexibility index (Phi) is 3.01. The van der Waals surface area contributed by atoms with Gasteiger partial charge in [-0.15, -0.1) is 11.3 Å². The lowest BCUT2D eigenvalue weighted by Crippen LogP contribution is -2.21. The van der Waals surface area contributed by atoms with Crippen molar-refractivity contribution < 1.29 is 4.79 Å². The van der Waals surface area contributed by atoms with Crippen molar-refractivity contribution in [3.05, 3.63) is 40.7 Å². The van der Waals surface area contributed by atoms with Gasteiger partial charge in [0.15, 0.2) is 0 Å². The van der Waals surface area contributed by atoms with Crippen LogP contribution in [0.15, 0.2) is 35.2 Å². The molecule has 2 rings (SSSR count). The number of carbonyl (C=O) groups is 1. The molecule has 3 nitrogen and oxygen atoms in total. The fourth-order valence-electron chi connectivity index (χ4n) is 1.40. The molecule has 0 radical (unpaired) electrons. The van der Waals surface area contributed by atoms with Crippen LogP contribution < -0.4 is 0 Å². The van der Waals surface area contributed by atoms with Gasteiger partial charge in [0.05, 0.1) is 11.2 Å². The minimum Gasteiger partial charge on any atom is -0.345 e. The van der Waals surface area contributed by atoms with E-state index in [0.717, 1.165) is 11.3 Å². The second kappa shape index (κ2) is 4.45. The zero-order valence-electron chi connectivity index (χ0n) is 9.18. The molecule has 1 aromatic heterocycles. The molecule has 0 atom stereocenters. The molecule has 0 N–H and O–H groups in total. The van der Waals surface area contributed by atoms with Gasteiger partial charge in [0.25, 0.3) is 5.91 Å². The fourth-order valence-corrected chi connectivity index (χ4v) is 1.96. The molecule has 82 valence electrons. The maximum Gasteiger partial charge on any atom is 0.253 e. The molecule has 4 heteroatoms. The first-order chi connectivity index (χ1) is 7.68.